The fourth-order valence-corrected chi connectivity index (χ4v) is 5.22. The van der Waals surface area contributed by atoms with E-state index >= 15 is 0 Å². The molecule has 39 heavy (non-hydrogen) atoms. The molecular formula is C26H16N2O9S2-2. The van der Waals surface area contributed by atoms with Crippen LogP contribution in [0.2, 0.25) is 0 Å². The molecule has 13 heteroatoms. The van der Waals surface area contributed by atoms with Crippen molar-refractivity contribution in [2.45, 2.75) is 9.79 Å². The number of fused-ring (bicyclic) bond motifs is 2. The summed E-state index contributed by atoms with van der Waals surface area (Å²) >= 11 is 0. The van der Waals surface area contributed by atoms with Crippen LogP contribution in [0.15, 0.2) is 88.7 Å². The van der Waals surface area contributed by atoms with Gasteiger partial charge in [-0.1, -0.05) is 30.3 Å². The summed E-state index contributed by atoms with van der Waals surface area (Å²) in [7, 11) is -9.52. The number of hydrogen-bond donors (Lipinski definition) is 3. The summed E-state index contributed by atoms with van der Waals surface area (Å²) in [4.78, 5) is 25.9. The SMILES string of the molecule is O=C1c2ccccc2C(=O)c2c(Nc3cccc(S(=O)(=O)[O-])c3)c(Nc3ccc(S(=O)(=O)[O-])cc3)cc(O)c21. The van der Waals surface area contributed by atoms with E-state index in [4.69, 9.17) is 0 Å². The molecule has 3 N–H and O–H groups in total. The van der Waals surface area contributed by atoms with Crippen molar-refractivity contribution in [3.8, 4) is 5.75 Å². The van der Waals surface area contributed by atoms with Crippen molar-refractivity contribution >= 4 is 54.6 Å². The molecule has 0 fully saturated rings. The maximum absolute atomic E-state index is 13.6. The van der Waals surface area contributed by atoms with E-state index in [2.05, 4.69) is 10.6 Å². The van der Waals surface area contributed by atoms with Gasteiger partial charge in [0.2, 0.25) is 0 Å². The molecule has 1 aliphatic carbocycles. The summed E-state index contributed by atoms with van der Waals surface area (Å²) in [6.07, 6.45) is 0. The Labute approximate surface area is 222 Å². The van der Waals surface area contributed by atoms with E-state index in [0.29, 0.717) is 0 Å². The highest BCUT2D eigenvalue weighted by Crippen LogP contribution is 2.43. The molecule has 0 heterocycles. The van der Waals surface area contributed by atoms with Crippen LogP contribution in [0.1, 0.15) is 31.8 Å². The molecule has 0 radical (unpaired) electrons. The molecule has 0 aliphatic heterocycles. The molecule has 4 aromatic carbocycles. The lowest BCUT2D eigenvalue weighted by Crippen LogP contribution is -2.23. The highest BCUT2D eigenvalue weighted by atomic mass is 32.2. The fraction of sp³-hybridized carbons (Fsp3) is 0. The lowest BCUT2D eigenvalue weighted by Gasteiger charge is -2.25. The zero-order valence-electron chi connectivity index (χ0n) is 19.5. The quantitative estimate of drug-likeness (QED) is 0.202. The van der Waals surface area contributed by atoms with E-state index < -0.39 is 47.3 Å². The molecule has 0 aromatic heterocycles. The number of carbonyl (C=O) groups excluding carboxylic acids is 2. The van der Waals surface area contributed by atoms with E-state index in [9.17, 15) is 40.6 Å². The van der Waals surface area contributed by atoms with Crippen molar-refractivity contribution in [2.24, 2.45) is 0 Å². The highest BCUT2D eigenvalue weighted by molar-refractivity contribution is 7.86. The number of hydrogen-bond acceptors (Lipinski definition) is 11. The monoisotopic (exact) mass is 564 g/mol. The number of rotatable bonds is 6. The van der Waals surface area contributed by atoms with Crippen LogP contribution in [0.3, 0.4) is 0 Å². The Morgan fingerprint density at radius 1 is 0.615 bits per heavy atom. The molecule has 0 atom stereocenters. The van der Waals surface area contributed by atoms with E-state index in [-0.39, 0.29) is 45.0 Å². The van der Waals surface area contributed by atoms with Crippen LogP contribution in [-0.2, 0) is 20.2 Å². The smallest absolute Gasteiger partial charge is 0.198 e. The van der Waals surface area contributed by atoms with Crippen molar-refractivity contribution in [3.63, 3.8) is 0 Å². The molecule has 0 saturated heterocycles. The lowest BCUT2D eigenvalue weighted by molar-refractivity contribution is 0.0977. The maximum Gasteiger partial charge on any atom is 0.198 e. The molecule has 1 aliphatic rings. The maximum atomic E-state index is 13.6. The van der Waals surface area contributed by atoms with Crippen molar-refractivity contribution in [3.05, 3.63) is 101 Å². The van der Waals surface area contributed by atoms with Gasteiger partial charge in [-0.3, -0.25) is 9.59 Å². The molecule has 5 rings (SSSR count). The third-order valence-electron chi connectivity index (χ3n) is 5.99. The van der Waals surface area contributed by atoms with E-state index in [1.807, 2.05) is 0 Å². The van der Waals surface area contributed by atoms with Gasteiger partial charge in [0, 0.05) is 28.6 Å². The Balaban J connectivity index is 1.70. The van der Waals surface area contributed by atoms with Gasteiger partial charge in [0.1, 0.15) is 26.0 Å². The average molecular weight is 565 g/mol. The van der Waals surface area contributed by atoms with Gasteiger partial charge in [-0.2, -0.15) is 0 Å². The zero-order valence-corrected chi connectivity index (χ0v) is 21.2. The molecule has 0 unspecified atom stereocenters. The first-order valence-electron chi connectivity index (χ1n) is 11.1. The van der Waals surface area contributed by atoms with Gasteiger partial charge >= 0.3 is 0 Å². The number of carbonyl (C=O) groups is 2. The number of nitrogens with one attached hydrogen (secondary N) is 2. The third kappa shape index (κ3) is 4.86. The summed E-state index contributed by atoms with van der Waals surface area (Å²) in [6.45, 7) is 0. The minimum absolute atomic E-state index is 0.0309. The van der Waals surface area contributed by atoms with Crippen molar-refractivity contribution in [1.82, 2.24) is 0 Å². The second-order valence-corrected chi connectivity index (χ2v) is 11.2. The van der Waals surface area contributed by atoms with E-state index in [0.717, 1.165) is 30.3 Å². The van der Waals surface area contributed by atoms with Gasteiger partial charge in [-0.25, -0.2) is 16.8 Å². The molecular weight excluding hydrogens is 548 g/mol. The molecule has 0 saturated carbocycles. The normalized spacial score (nSPS) is 13.0. The topological polar surface area (TPSA) is 193 Å². The van der Waals surface area contributed by atoms with Crippen LogP contribution in [0.25, 0.3) is 0 Å². The van der Waals surface area contributed by atoms with Crippen LogP contribution >= 0.6 is 0 Å². The largest absolute Gasteiger partial charge is 0.744 e. The number of phenolic OH excluding ortho intramolecular Hbond substituents is 1. The molecule has 0 bridgehead atoms. The fourth-order valence-electron chi connectivity index (χ4n) is 4.24. The first-order valence-corrected chi connectivity index (χ1v) is 13.9. The first-order chi connectivity index (χ1) is 18.3. The van der Waals surface area contributed by atoms with Crippen molar-refractivity contribution in [1.29, 1.82) is 0 Å². The highest BCUT2D eigenvalue weighted by Gasteiger charge is 2.35. The molecule has 198 valence electrons. The van der Waals surface area contributed by atoms with E-state index in [1.165, 1.54) is 36.4 Å². The van der Waals surface area contributed by atoms with Gasteiger partial charge in [0.15, 0.2) is 11.6 Å². The van der Waals surface area contributed by atoms with Gasteiger partial charge in [0.05, 0.1) is 32.3 Å². The lowest BCUT2D eigenvalue weighted by atomic mass is 9.82. The van der Waals surface area contributed by atoms with Gasteiger partial charge < -0.3 is 24.8 Å². The summed E-state index contributed by atoms with van der Waals surface area (Å²) in [5.74, 6) is -1.75. The van der Waals surface area contributed by atoms with Gasteiger partial charge in [0.25, 0.3) is 0 Å². The number of anilines is 4. The van der Waals surface area contributed by atoms with Crippen molar-refractivity contribution in [2.75, 3.05) is 10.6 Å². The number of aromatic hydroxyl groups is 1. The Morgan fingerprint density at radius 2 is 1.21 bits per heavy atom. The summed E-state index contributed by atoms with van der Waals surface area (Å²) < 4.78 is 68.5. The predicted octanol–water partition coefficient (Wildman–Crippen LogP) is 3.46. The summed E-state index contributed by atoms with van der Waals surface area (Å²) in [6, 6.07) is 16.7. The Bertz CT molecular complexity index is 1900. The van der Waals surface area contributed by atoms with E-state index in [1.54, 1.807) is 12.1 Å². The van der Waals surface area contributed by atoms with Gasteiger partial charge in [-0.15, -0.1) is 0 Å². The number of benzene rings is 4. The van der Waals surface area contributed by atoms with Crippen molar-refractivity contribution < 1.29 is 40.6 Å². The van der Waals surface area contributed by atoms with Crippen LogP contribution in [0.4, 0.5) is 22.7 Å². The standard InChI is InChI=1S/C26H18N2O9S2/c29-21-13-20(27-14-8-10-16(11-9-14)38(32,33)34)24(28-15-4-3-5-17(12-15)39(35,36)37)23-22(21)25(30)18-6-1-2-7-19(18)26(23)31/h1-13,27-29H,(H,32,33,34)(H,35,36,37)/p-2. The summed E-state index contributed by atoms with van der Waals surface area (Å²) in [5.41, 5.74) is 0.00533. The molecule has 0 amide bonds. The minimum atomic E-state index is -4.82. The number of ketones is 2. The molecule has 11 nitrogen and oxygen atoms in total. The average Bonchev–Trinajstić information content (AvgIpc) is 2.88. The van der Waals surface area contributed by atoms with Gasteiger partial charge in [-0.05, 0) is 42.5 Å². The zero-order chi connectivity index (χ0) is 28.1. The molecule has 0 spiro atoms. The Kier molecular flexibility index (Phi) is 6.23. The van der Waals surface area contributed by atoms with Crippen LogP contribution in [0, 0.1) is 0 Å². The van der Waals surface area contributed by atoms with Crippen LogP contribution in [-0.4, -0.2) is 42.6 Å². The van der Waals surface area contributed by atoms with Crippen LogP contribution < -0.4 is 10.6 Å². The summed E-state index contributed by atoms with van der Waals surface area (Å²) in [5, 5.41) is 16.6. The second kappa shape index (κ2) is 9.32. The predicted molar refractivity (Wildman–Crippen MR) is 137 cm³/mol. The third-order valence-corrected chi connectivity index (χ3v) is 7.67. The first kappa shape index (κ1) is 26.1. The van der Waals surface area contributed by atoms with Crippen LogP contribution in [0.5, 0.6) is 5.75 Å². The molecule has 4 aromatic rings. The minimum Gasteiger partial charge on any atom is -0.744 e. The Hall–Kier alpha value is -4.56. The number of phenols is 1. The Morgan fingerprint density at radius 3 is 1.79 bits per heavy atom. The second-order valence-electron chi connectivity index (χ2n) is 8.48.